The molecular formula is C22H16F3NO3. The third-order valence-electron chi connectivity index (χ3n) is 4.53. The third-order valence-corrected chi connectivity index (χ3v) is 4.53. The summed E-state index contributed by atoms with van der Waals surface area (Å²) in [4.78, 5) is 10.8. The molecule has 0 fully saturated rings. The highest BCUT2D eigenvalue weighted by Gasteiger charge is 2.34. The lowest BCUT2D eigenvalue weighted by Crippen LogP contribution is -2.11. The summed E-state index contributed by atoms with van der Waals surface area (Å²) in [6.45, 7) is 0.152. The molecule has 2 aromatic carbocycles. The Balaban J connectivity index is 1.55. The lowest BCUT2D eigenvalue weighted by Gasteiger charge is -2.17. The Morgan fingerprint density at radius 3 is 2.62 bits per heavy atom. The van der Waals surface area contributed by atoms with E-state index in [9.17, 15) is 18.0 Å². The Morgan fingerprint density at radius 2 is 1.90 bits per heavy atom. The van der Waals surface area contributed by atoms with Gasteiger partial charge in [-0.15, -0.1) is 0 Å². The van der Waals surface area contributed by atoms with E-state index in [2.05, 4.69) is 0 Å². The van der Waals surface area contributed by atoms with Crippen molar-refractivity contribution in [3.63, 3.8) is 0 Å². The van der Waals surface area contributed by atoms with Gasteiger partial charge in [0.05, 0.1) is 11.3 Å². The van der Waals surface area contributed by atoms with Crippen LogP contribution in [0.25, 0.3) is 11.8 Å². The molecule has 1 aromatic heterocycles. The van der Waals surface area contributed by atoms with Crippen LogP contribution in [-0.4, -0.2) is 17.5 Å². The van der Waals surface area contributed by atoms with Gasteiger partial charge in [-0.2, -0.15) is 13.2 Å². The minimum atomic E-state index is -4.49. The van der Waals surface area contributed by atoms with Crippen LogP contribution < -0.4 is 9.47 Å². The third kappa shape index (κ3) is 4.03. The molecule has 0 saturated carbocycles. The fraction of sp³-hybridized carbons (Fsp3) is 0.136. The smallest absolute Gasteiger partial charge is 0.418 e. The first-order chi connectivity index (χ1) is 13.9. The second-order valence-corrected chi connectivity index (χ2v) is 6.55. The van der Waals surface area contributed by atoms with Crippen molar-refractivity contribution in [1.29, 1.82) is 0 Å². The highest BCUT2D eigenvalue weighted by Crippen LogP contribution is 2.35. The number of halogens is 3. The Bertz CT molecular complexity index is 1070. The van der Waals surface area contributed by atoms with Crippen molar-refractivity contribution < 1.29 is 27.4 Å². The van der Waals surface area contributed by atoms with Crippen LogP contribution in [0.3, 0.4) is 0 Å². The van der Waals surface area contributed by atoms with E-state index in [0.29, 0.717) is 22.6 Å². The highest BCUT2D eigenvalue weighted by molar-refractivity contribution is 5.84. The molecule has 4 rings (SSSR count). The first-order valence-electron chi connectivity index (χ1n) is 8.83. The summed E-state index contributed by atoms with van der Waals surface area (Å²) >= 11 is 0. The molecule has 1 aliphatic heterocycles. The Morgan fingerprint density at radius 1 is 1.10 bits per heavy atom. The summed E-state index contributed by atoms with van der Waals surface area (Å²) in [6, 6.07) is 12.6. The SMILES string of the molecule is O=CC1=Cc2ccc(OCc3ccc(-n4cccc4)c(C(F)(F)F)c3)cc2OC1. The lowest BCUT2D eigenvalue weighted by atomic mass is 10.1. The summed E-state index contributed by atoms with van der Waals surface area (Å²) in [5.41, 5.74) is 1.02. The molecule has 4 nitrogen and oxygen atoms in total. The van der Waals surface area contributed by atoms with Crippen LogP contribution in [0.5, 0.6) is 11.5 Å². The molecule has 0 radical (unpaired) electrons. The largest absolute Gasteiger partial charge is 0.489 e. The van der Waals surface area contributed by atoms with Crippen molar-refractivity contribution in [2.45, 2.75) is 12.8 Å². The van der Waals surface area contributed by atoms with Crippen LogP contribution in [0.2, 0.25) is 0 Å². The molecular weight excluding hydrogens is 383 g/mol. The Hall–Kier alpha value is -3.48. The van der Waals surface area contributed by atoms with E-state index in [-0.39, 0.29) is 18.9 Å². The molecule has 0 saturated heterocycles. The number of benzene rings is 2. The molecule has 3 aromatic rings. The topological polar surface area (TPSA) is 40.5 Å². The van der Waals surface area contributed by atoms with E-state index < -0.39 is 11.7 Å². The van der Waals surface area contributed by atoms with Crippen LogP contribution >= 0.6 is 0 Å². The summed E-state index contributed by atoms with van der Waals surface area (Å²) in [6.07, 6.45) is 1.11. The van der Waals surface area contributed by atoms with Gasteiger partial charge in [-0.3, -0.25) is 4.79 Å². The van der Waals surface area contributed by atoms with Crippen molar-refractivity contribution in [2.75, 3.05) is 6.61 Å². The quantitative estimate of drug-likeness (QED) is 0.564. The number of ether oxygens (including phenoxy) is 2. The van der Waals surface area contributed by atoms with Gasteiger partial charge < -0.3 is 14.0 Å². The first kappa shape index (κ1) is 18.9. The Kier molecular flexibility index (Phi) is 4.88. The molecule has 0 bridgehead atoms. The van der Waals surface area contributed by atoms with Crippen molar-refractivity contribution in [1.82, 2.24) is 4.57 Å². The number of carbonyl (C=O) groups is 1. The zero-order valence-corrected chi connectivity index (χ0v) is 15.1. The maximum Gasteiger partial charge on any atom is 0.418 e. The van der Waals surface area contributed by atoms with Crippen molar-refractivity contribution in [3.8, 4) is 17.2 Å². The van der Waals surface area contributed by atoms with Crippen LogP contribution in [0, 0.1) is 0 Å². The van der Waals surface area contributed by atoms with Crippen LogP contribution in [0.1, 0.15) is 16.7 Å². The number of alkyl halides is 3. The van der Waals surface area contributed by atoms with Crippen molar-refractivity contribution >= 4 is 12.4 Å². The monoisotopic (exact) mass is 399 g/mol. The summed E-state index contributed by atoms with van der Waals surface area (Å²) in [7, 11) is 0. The molecule has 0 N–H and O–H groups in total. The van der Waals surface area contributed by atoms with E-state index >= 15 is 0 Å². The molecule has 0 atom stereocenters. The van der Waals surface area contributed by atoms with Crippen LogP contribution in [0.15, 0.2) is 66.5 Å². The number of rotatable bonds is 5. The minimum Gasteiger partial charge on any atom is -0.489 e. The number of aldehydes is 1. The number of carbonyl (C=O) groups excluding carboxylic acids is 1. The van der Waals surface area contributed by atoms with E-state index in [4.69, 9.17) is 9.47 Å². The van der Waals surface area contributed by atoms with E-state index in [1.165, 1.54) is 10.6 Å². The number of nitrogens with zero attached hydrogens (tertiary/aromatic N) is 1. The lowest BCUT2D eigenvalue weighted by molar-refractivity contribution is -0.137. The van der Waals surface area contributed by atoms with E-state index in [1.807, 2.05) is 0 Å². The molecule has 0 spiro atoms. The van der Waals surface area contributed by atoms with Gasteiger partial charge in [-0.05, 0) is 48.0 Å². The second kappa shape index (κ2) is 7.50. The number of fused-ring (bicyclic) bond motifs is 1. The average Bonchev–Trinajstić information content (AvgIpc) is 3.25. The zero-order valence-electron chi connectivity index (χ0n) is 15.1. The predicted molar refractivity (Wildman–Crippen MR) is 101 cm³/mol. The van der Waals surface area contributed by atoms with Gasteiger partial charge in [-0.1, -0.05) is 6.07 Å². The Labute approximate surface area is 164 Å². The summed E-state index contributed by atoms with van der Waals surface area (Å²) in [5, 5.41) is 0. The first-order valence-corrected chi connectivity index (χ1v) is 8.83. The van der Waals surface area contributed by atoms with E-state index in [0.717, 1.165) is 17.9 Å². The van der Waals surface area contributed by atoms with Crippen molar-refractivity contribution in [2.24, 2.45) is 0 Å². The van der Waals surface area contributed by atoms with Crippen LogP contribution in [0.4, 0.5) is 13.2 Å². The molecule has 29 heavy (non-hydrogen) atoms. The molecule has 0 unspecified atom stereocenters. The number of hydrogen-bond acceptors (Lipinski definition) is 3. The summed E-state index contributed by atoms with van der Waals surface area (Å²) < 4.78 is 53.2. The van der Waals surface area contributed by atoms with Gasteiger partial charge in [-0.25, -0.2) is 0 Å². The average molecular weight is 399 g/mol. The van der Waals surface area contributed by atoms with Gasteiger partial charge >= 0.3 is 6.18 Å². The van der Waals surface area contributed by atoms with Crippen molar-refractivity contribution in [3.05, 3.63) is 83.2 Å². The second-order valence-electron chi connectivity index (χ2n) is 6.55. The van der Waals surface area contributed by atoms with Gasteiger partial charge in [0.25, 0.3) is 0 Å². The molecule has 0 aliphatic carbocycles. The fourth-order valence-electron chi connectivity index (χ4n) is 3.11. The number of hydrogen-bond donors (Lipinski definition) is 0. The maximum absolute atomic E-state index is 13.5. The van der Waals surface area contributed by atoms with E-state index in [1.54, 1.807) is 54.9 Å². The van der Waals surface area contributed by atoms with Gasteiger partial charge in [0.15, 0.2) is 0 Å². The molecule has 148 valence electrons. The number of aromatic nitrogens is 1. The van der Waals surface area contributed by atoms with Gasteiger partial charge in [0.2, 0.25) is 0 Å². The fourth-order valence-corrected chi connectivity index (χ4v) is 3.11. The van der Waals surface area contributed by atoms with Gasteiger partial charge in [0, 0.05) is 29.6 Å². The van der Waals surface area contributed by atoms with Gasteiger partial charge in [0.1, 0.15) is 31.0 Å². The normalized spacial score (nSPS) is 13.3. The predicted octanol–water partition coefficient (Wildman–Crippen LogP) is 5.05. The molecule has 1 aliphatic rings. The summed E-state index contributed by atoms with van der Waals surface area (Å²) in [5.74, 6) is 1.03. The molecule has 2 heterocycles. The zero-order chi connectivity index (χ0) is 20.4. The molecule has 0 amide bonds. The standard InChI is InChI=1S/C22H16F3NO3/c23-22(24,25)19-10-15(3-6-20(19)26-7-1-2-8-26)13-28-18-5-4-17-9-16(12-27)14-29-21(17)11-18/h1-12H,13-14H2. The highest BCUT2D eigenvalue weighted by atomic mass is 19.4. The van der Waals surface area contributed by atoms with Crippen LogP contribution in [-0.2, 0) is 17.6 Å². The molecule has 7 heteroatoms. The maximum atomic E-state index is 13.5. The minimum absolute atomic E-state index is 0.0246.